The summed E-state index contributed by atoms with van der Waals surface area (Å²) in [5, 5.41) is 0. The minimum Gasteiger partial charge on any atom is -0.377 e. The van der Waals surface area contributed by atoms with Crippen LogP contribution < -0.4 is 9.80 Å². The fourth-order valence-electron chi connectivity index (χ4n) is 4.77. The summed E-state index contributed by atoms with van der Waals surface area (Å²) in [4.78, 5) is 14.2. The summed E-state index contributed by atoms with van der Waals surface area (Å²) in [6, 6.07) is 9.44. The van der Waals surface area contributed by atoms with Crippen LogP contribution in [0.15, 0.2) is 36.7 Å². The number of nitrogens with zero attached hydrogens (tertiary/aromatic N) is 4. The Morgan fingerprint density at radius 1 is 0.903 bits per heavy atom. The summed E-state index contributed by atoms with van der Waals surface area (Å²) >= 11 is 0. The van der Waals surface area contributed by atoms with Gasteiger partial charge in [-0.05, 0) is 53.4 Å². The minimum atomic E-state index is -0.0293. The molecule has 0 spiro atoms. The van der Waals surface area contributed by atoms with Gasteiger partial charge in [0.2, 0.25) is 5.95 Å². The molecule has 2 fully saturated rings. The van der Waals surface area contributed by atoms with Crippen molar-refractivity contribution in [2.75, 3.05) is 42.6 Å². The molecular weight excluding hydrogens is 384 g/mol. The molecule has 31 heavy (non-hydrogen) atoms. The Hall–Kier alpha value is -2.14. The van der Waals surface area contributed by atoms with Gasteiger partial charge in [0.25, 0.3) is 0 Å². The zero-order valence-corrected chi connectivity index (χ0v) is 19.9. The lowest BCUT2D eigenvalue weighted by atomic mass is 9.80. The van der Waals surface area contributed by atoms with Crippen LogP contribution in [-0.2, 0) is 15.6 Å². The lowest BCUT2D eigenvalue weighted by Gasteiger charge is -2.41. The quantitative estimate of drug-likeness (QED) is 0.682. The SMILES string of the molecule is CC(C)(C)c1ccc(N2CCOCC2CC(C)(C)c2cnc(N3CCCC3)nc2)cc1. The Kier molecular flexibility index (Phi) is 6.25. The van der Waals surface area contributed by atoms with E-state index in [9.17, 15) is 0 Å². The second-order valence-corrected chi connectivity index (χ2v) is 10.8. The van der Waals surface area contributed by atoms with Crippen molar-refractivity contribution in [1.82, 2.24) is 9.97 Å². The maximum Gasteiger partial charge on any atom is 0.225 e. The van der Waals surface area contributed by atoms with E-state index in [1.165, 1.54) is 29.7 Å². The van der Waals surface area contributed by atoms with Gasteiger partial charge < -0.3 is 14.5 Å². The number of benzene rings is 1. The third kappa shape index (κ3) is 5.03. The van der Waals surface area contributed by atoms with E-state index in [0.29, 0.717) is 6.04 Å². The van der Waals surface area contributed by atoms with Crippen LogP contribution in [0.5, 0.6) is 0 Å². The average Bonchev–Trinajstić information content (AvgIpc) is 3.28. The maximum absolute atomic E-state index is 5.90. The predicted molar refractivity (Wildman–Crippen MR) is 128 cm³/mol. The summed E-state index contributed by atoms with van der Waals surface area (Å²) in [7, 11) is 0. The monoisotopic (exact) mass is 422 g/mol. The Morgan fingerprint density at radius 3 is 2.16 bits per heavy atom. The van der Waals surface area contributed by atoms with Crippen LogP contribution in [0, 0.1) is 0 Å². The first kappa shape index (κ1) is 22.1. The number of hydrogen-bond acceptors (Lipinski definition) is 5. The van der Waals surface area contributed by atoms with Gasteiger partial charge in [0, 0.05) is 37.7 Å². The molecule has 2 aromatic rings. The molecule has 1 atom stereocenters. The molecule has 0 aliphatic carbocycles. The zero-order valence-electron chi connectivity index (χ0n) is 19.9. The van der Waals surface area contributed by atoms with Gasteiger partial charge in [-0.2, -0.15) is 0 Å². The van der Waals surface area contributed by atoms with Crippen molar-refractivity contribution >= 4 is 11.6 Å². The molecule has 1 aromatic carbocycles. The van der Waals surface area contributed by atoms with Crippen LogP contribution in [-0.4, -0.2) is 48.9 Å². The highest BCUT2D eigenvalue weighted by Crippen LogP contribution is 2.33. The molecule has 0 radical (unpaired) electrons. The minimum absolute atomic E-state index is 0.0293. The maximum atomic E-state index is 5.90. The number of ether oxygens (including phenoxy) is 1. The van der Waals surface area contributed by atoms with Gasteiger partial charge in [-0.1, -0.05) is 46.8 Å². The molecule has 4 rings (SSSR count). The molecule has 3 heterocycles. The van der Waals surface area contributed by atoms with Crippen molar-refractivity contribution in [3.05, 3.63) is 47.8 Å². The van der Waals surface area contributed by atoms with Crippen molar-refractivity contribution in [1.29, 1.82) is 0 Å². The topological polar surface area (TPSA) is 41.5 Å². The Balaban J connectivity index is 1.49. The van der Waals surface area contributed by atoms with Crippen molar-refractivity contribution in [3.63, 3.8) is 0 Å². The number of rotatable bonds is 5. The largest absolute Gasteiger partial charge is 0.377 e. The van der Waals surface area contributed by atoms with Crippen molar-refractivity contribution in [2.45, 2.75) is 70.8 Å². The molecule has 2 aliphatic rings. The van der Waals surface area contributed by atoms with Crippen LogP contribution in [0.2, 0.25) is 0 Å². The van der Waals surface area contributed by atoms with E-state index in [-0.39, 0.29) is 10.8 Å². The first-order valence-electron chi connectivity index (χ1n) is 11.8. The van der Waals surface area contributed by atoms with Crippen molar-refractivity contribution in [3.8, 4) is 0 Å². The van der Waals surface area contributed by atoms with Crippen LogP contribution in [0.4, 0.5) is 11.6 Å². The summed E-state index contributed by atoms with van der Waals surface area (Å²) in [6.45, 7) is 16.0. The van der Waals surface area contributed by atoms with Gasteiger partial charge in [0.1, 0.15) is 0 Å². The highest BCUT2D eigenvalue weighted by atomic mass is 16.5. The molecule has 0 N–H and O–H groups in total. The van der Waals surface area contributed by atoms with Gasteiger partial charge in [0.05, 0.1) is 19.3 Å². The Bertz CT molecular complexity index is 848. The average molecular weight is 423 g/mol. The van der Waals surface area contributed by atoms with Gasteiger partial charge in [0.15, 0.2) is 0 Å². The number of hydrogen-bond donors (Lipinski definition) is 0. The van der Waals surface area contributed by atoms with Crippen LogP contribution >= 0.6 is 0 Å². The van der Waals surface area contributed by atoms with Gasteiger partial charge >= 0.3 is 0 Å². The van der Waals surface area contributed by atoms with Crippen molar-refractivity contribution in [2.24, 2.45) is 0 Å². The highest BCUT2D eigenvalue weighted by molar-refractivity contribution is 5.50. The van der Waals surface area contributed by atoms with Gasteiger partial charge in [-0.3, -0.25) is 0 Å². The van der Waals surface area contributed by atoms with E-state index in [1.54, 1.807) is 0 Å². The lowest BCUT2D eigenvalue weighted by Crippen LogP contribution is -2.48. The molecule has 5 heteroatoms. The first-order valence-corrected chi connectivity index (χ1v) is 11.8. The molecule has 0 saturated carbocycles. The molecule has 1 unspecified atom stereocenters. The Labute approximate surface area is 187 Å². The molecule has 2 saturated heterocycles. The number of aromatic nitrogens is 2. The highest BCUT2D eigenvalue weighted by Gasteiger charge is 2.32. The van der Waals surface area contributed by atoms with E-state index in [0.717, 1.165) is 45.2 Å². The van der Waals surface area contributed by atoms with Gasteiger partial charge in [-0.15, -0.1) is 0 Å². The fourth-order valence-corrected chi connectivity index (χ4v) is 4.77. The molecule has 0 amide bonds. The van der Waals surface area contributed by atoms with Crippen molar-refractivity contribution < 1.29 is 4.74 Å². The van der Waals surface area contributed by atoms with E-state index >= 15 is 0 Å². The third-order valence-corrected chi connectivity index (χ3v) is 6.85. The Morgan fingerprint density at radius 2 is 1.55 bits per heavy atom. The number of anilines is 2. The van der Waals surface area contributed by atoms with E-state index < -0.39 is 0 Å². The normalized spacial score (nSPS) is 20.4. The lowest BCUT2D eigenvalue weighted by molar-refractivity contribution is 0.0852. The third-order valence-electron chi connectivity index (χ3n) is 6.85. The standard InChI is InChI=1S/C26H38N4O/c1-25(2,3)20-8-10-22(11-9-20)30-14-15-31-19-23(30)16-26(4,5)21-17-27-24(28-18-21)29-12-6-7-13-29/h8-11,17-18,23H,6-7,12-16,19H2,1-5H3. The molecule has 5 nitrogen and oxygen atoms in total. The van der Waals surface area contributed by atoms with Gasteiger partial charge in [-0.25, -0.2) is 9.97 Å². The summed E-state index contributed by atoms with van der Waals surface area (Å²) in [6.07, 6.45) is 7.55. The predicted octanol–water partition coefficient (Wildman–Crippen LogP) is 4.95. The summed E-state index contributed by atoms with van der Waals surface area (Å²) in [5.41, 5.74) is 4.00. The number of morpholine rings is 1. The van der Waals surface area contributed by atoms with E-state index in [1.807, 2.05) is 12.4 Å². The van der Waals surface area contributed by atoms with Crippen LogP contribution in [0.3, 0.4) is 0 Å². The molecule has 1 aromatic heterocycles. The summed E-state index contributed by atoms with van der Waals surface area (Å²) < 4.78 is 5.90. The summed E-state index contributed by atoms with van der Waals surface area (Å²) in [5.74, 6) is 0.874. The van der Waals surface area contributed by atoms with E-state index in [2.05, 4.69) is 68.7 Å². The van der Waals surface area contributed by atoms with Crippen LogP contribution in [0.1, 0.15) is 65.0 Å². The molecule has 168 valence electrons. The van der Waals surface area contributed by atoms with E-state index in [4.69, 9.17) is 14.7 Å². The molecule has 2 aliphatic heterocycles. The second-order valence-electron chi connectivity index (χ2n) is 10.8. The smallest absolute Gasteiger partial charge is 0.225 e. The molecular formula is C26H38N4O. The molecule has 0 bridgehead atoms. The first-order chi connectivity index (χ1) is 14.7. The second kappa shape index (κ2) is 8.78. The van der Waals surface area contributed by atoms with Crippen LogP contribution in [0.25, 0.3) is 0 Å². The fraction of sp³-hybridized carbons (Fsp3) is 0.615. The zero-order chi connectivity index (χ0) is 22.1.